The number of halogens is 1. The van der Waals surface area contributed by atoms with Gasteiger partial charge in [0.05, 0.1) is 12.0 Å². The zero-order valence-corrected chi connectivity index (χ0v) is 10.8. The maximum absolute atomic E-state index is 11.3. The molecule has 2 nitrogen and oxygen atoms in total. The van der Waals surface area contributed by atoms with Gasteiger partial charge >= 0.3 is 23.1 Å². The Balaban J connectivity index is 0. The molecule has 0 fully saturated rings. The summed E-state index contributed by atoms with van der Waals surface area (Å²) in [4.78, 5) is 0. The van der Waals surface area contributed by atoms with Crippen LogP contribution in [0.2, 0.25) is 0 Å². The molecule has 4 heteroatoms. The Morgan fingerprint density at radius 1 is 1.54 bits per heavy atom. The quantitative estimate of drug-likeness (QED) is 0.615. The first-order valence-corrected chi connectivity index (χ1v) is 4.03. The standard InChI is InChI=1S/C9H13O2.BrH.Mg/c1-2-3-5-8(10)9-6-4-7-11-9;;/h4,6-8H,2-3,5H2,1H3;1H;/q-1;;+2/p-1. The molecule has 1 rings (SSSR count). The average Bonchev–Trinajstić information content (AvgIpc) is 2.52. The first-order chi connectivity index (χ1) is 5.34. The Morgan fingerprint density at radius 3 is 2.69 bits per heavy atom. The molecule has 70 valence electrons. The topological polar surface area (TPSA) is 36.2 Å². The van der Waals surface area contributed by atoms with E-state index in [1.54, 1.807) is 18.4 Å². The van der Waals surface area contributed by atoms with Crippen LogP contribution >= 0.6 is 0 Å². The summed E-state index contributed by atoms with van der Waals surface area (Å²) in [5.41, 5.74) is 0. The summed E-state index contributed by atoms with van der Waals surface area (Å²) in [6.07, 6.45) is 3.62. The molecule has 1 atom stereocenters. The number of furan rings is 1. The van der Waals surface area contributed by atoms with Gasteiger partial charge in [-0.25, -0.2) is 0 Å². The molecule has 1 heterocycles. The number of hydrogen-bond acceptors (Lipinski definition) is 2. The predicted octanol–water partition coefficient (Wildman–Crippen LogP) is -1.51. The molecule has 0 amide bonds. The third-order valence-electron chi connectivity index (χ3n) is 1.68. The van der Waals surface area contributed by atoms with Gasteiger partial charge in [0, 0.05) is 0 Å². The van der Waals surface area contributed by atoms with Gasteiger partial charge in [-0.05, 0) is 12.1 Å². The predicted molar refractivity (Wildman–Crippen MR) is 46.7 cm³/mol. The first kappa shape index (κ1) is 15.9. The van der Waals surface area contributed by atoms with Crippen LogP contribution in [0.25, 0.3) is 0 Å². The maximum Gasteiger partial charge on any atom is 2.00 e. The minimum atomic E-state index is -0.662. The fraction of sp³-hybridized carbons (Fsp3) is 0.556. The van der Waals surface area contributed by atoms with Gasteiger partial charge in [0.2, 0.25) is 0 Å². The smallest absolute Gasteiger partial charge is 1.00 e. The third kappa shape index (κ3) is 5.73. The Labute approximate surface area is 106 Å². The van der Waals surface area contributed by atoms with Gasteiger partial charge in [-0.15, -0.1) is 0 Å². The largest absolute Gasteiger partial charge is 2.00 e. The Hall–Kier alpha value is 0.486. The van der Waals surface area contributed by atoms with Gasteiger partial charge < -0.3 is 26.5 Å². The van der Waals surface area contributed by atoms with E-state index in [1.807, 2.05) is 0 Å². The second-order valence-corrected chi connectivity index (χ2v) is 2.65. The van der Waals surface area contributed by atoms with Crippen molar-refractivity contribution in [3.63, 3.8) is 0 Å². The molecule has 1 aromatic rings. The van der Waals surface area contributed by atoms with E-state index in [9.17, 15) is 5.11 Å². The van der Waals surface area contributed by atoms with E-state index in [1.165, 1.54) is 0 Å². The molecular weight excluding hydrogens is 244 g/mol. The molecule has 0 aliphatic carbocycles. The molecule has 1 aromatic heterocycles. The first-order valence-electron chi connectivity index (χ1n) is 4.03. The molecule has 0 aliphatic heterocycles. The summed E-state index contributed by atoms with van der Waals surface area (Å²) in [7, 11) is 0. The van der Waals surface area contributed by atoms with Crippen LogP contribution in [0.4, 0.5) is 0 Å². The van der Waals surface area contributed by atoms with Crippen molar-refractivity contribution in [1.82, 2.24) is 0 Å². The molecule has 0 aliphatic rings. The molecule has 0 saturated heterocycles. The van der Waals surface area contributed by atoms with Crippen molar-refractivity contribution >= 4 is 23.1 Å². The molecule has 0 radical (unpaired) electrons. The van der Waals surface area contributed by atoms with E-state index in [0.717, 1.165) is 12.8 Å². The molecular formula is C9H13BrMgO2. The molecule has 13 heavy (non-hydrogen) atoms. The van der Waals surface area contributed by atoms with Gasteiger partial charge in [0.1, 0.15) is 0 Å². The van der Waals surface area contributed by atoms with E-state index in [2.05, 4.69) is 6.92 Å². The van der Waals surface area contributed by atoms with Crippen molar-refractivity contribution in [2.24, 2.45) is 0 Å². The zero-order chi connectivity index (χ0) is 8.10. The van der Waals surface area contributed by atoms with Gasteiger partial charge in [0.15, 0.2) is 0 Å². The van der Waals surface area contributed by atoms with Crippen molar-refractivity contribution < 1.29 is 26.5 Å². The second kappa shape index (κ2) is 9.06. The van der Waals surface area contributed by atoms with Crippen LogP contribution in [0.1, 0.15) is 38.1 Å². The van der Waals surface area contributed by atoms with Crippen LogP contribution in [0, 0.1) is 0 Å². The normalized spacial score (nSPS) is 11.2. The fourth-order valence-corrected chi connectivity index (χ4v) is 1.01. The van der Waals surface area contributed by atoms with E-state index in [4.69, 9.17) is 4.42 Å². The summed E-state index contributed by atoms with van der Waals surface area (Å²) >= 11 is 0. The molecule has 0 aromatic carbocycles. The monoisotopic (exact) mass is 256 g/mol. The van der Waals surface area contributed by atoms with E-state index in [-0.39, 0.29) is 40.0 Å². The van der Waals surface area contributed by atoms with Gasteiger partial charge in [-0.2, -0.15) is 0 Å². The SMILES string of the molecule is CCCCC([O-])c1ccco1.[Br-].[Mg+2]. The minimum Gasteiger partial charge on any atom is -1.00 e. The Bertz CT molecular complexity index is 190. The third-order valence-corrected chi connectivity index (χ3v) is 1.68. The second-order valence-electron chi connectivity index (χ2n) is 2.65. The van der Waals surface area contributed by atoms with E-state index >= 15 is 0 Å². The summed E-state index contributed by atoms with van der Waals surface area (Å²) in [5, 5.41) is 11.3. The van der Waals surface area contributed by atoms with Crippen LogP contribution in [0.5, 0.6) is 0 Å². The van der Waals surface area contributed by atoms with Crippen LogP contribution in [0.15, 0.2) is 22.8 Å². The van der Waals surface area contributed by atoms with Crippen LogP contribution in [-0.2, 0) is 0 Å². The summed E-state index contributed by atoms with van der Waals surface area (Å²) in [6, 6.07) is 3.50. The van der Waals surface area contributed by atoms with Crippen molar-refractivity contribution in [3.8, 4) is 0 Å². The fourth-order valence-electron chi connectivity index (χ4n) is 1.01. The molecule has 1 unspecified atom stereocenters. The van der Waals surface area contributed by atoms with Crippen molar-refractivity contribution in [1.29, 1.82) is 0 Å². The van der Waals surface area contributed by atoms with Gasteiger partial charge in [0.25, 0.3) is 0 Å². The van der Waals surface area contributed by atoms with Crippen LogP contribution < -0.4 is 22.1 Å². The number of unbranched alkanes of at least 4 members (excludes halogenated alkanes) is 1. The van der Waals surface area contributed by atoms with Crippen molar-refractivity contribution in [2.75, 3.05) is 0 Å². The number of hydrogen-bond donors (Lipinski definition) is 0. The Kier molecular flexibility index (Phi) is 11.1. The van der Waals surface area contributed by atoms with Gasteiger partial charge in [-0.1, -0.05) is 32.3 Å². The van der Waals surface area contributed by atoms with Crippen molar-refractivity contribution in [2.45, 2.75) is 32.3 Å². The molecule has 0 N–H and O–H groups in total. The molecule has 0 spiro atoms. The summed E-state index contributed by atoms with van der Waals surface area (Å²) < 4.78 is 4.98. The van der Waals surface area contributed by atoms with Crippen LogP contribution in [-0.4, -0.2) is 23.1 Å². The maximum atomic E-state index is 11.3. The van der Waals surface area contributed by atoms with Crippen LogP contribution in [0.3, 0.4) is 0 Å². The van der Waals surface area contributed by atoms with E-state index < -0.39 is 6.10 Å². The van der Waals surface area contributed by atoms with E-state index in [0.29, 0.717) is 12.2 Å². The summed E-state index contributed by atoms with van der Waals surface area (Å²) in [5.74, 6) is 0.568. The average molecular weight is 257 g/mol. The van der Waals surface area contributed by atoms with Gasteiger partial charge in [-0.3, -0.25) is 0 Å². The molecule has 0 saturated carbocycles. The number of rotatable bonds is 4. The van der Waals surface area contributed by atoms with Crippen molar-refractivity contribution in [3.05, 3.63) is 24.2 Å². The molecule has 0 bridgehead atoms. The summed E-state index contributed by atoms with van der Waals surface area (Å²) in [6.45, 7) is 2.08. The minimum absolute atomic E-state index is 0. The Morgan fingerprint density at radius 2 is 2.23 bits per heavy atom. The zero-order valence-electron chi connectivity index (χ0n) is 7.83.